The van der Waals surface area contributed by atoms with Crippen LogP contribution in [0.3, 0.4) is 0 Å². The Balaban J connectivity index is 1.96. The van der Waals surface area contributed by atoms with Gasteiger partial charge in [0.1, 0.15) is 0 Å². The number of carbonyl (C=O) groups is 2. The average molecular weight is 324 g/mol. The molecule has 5 nitrogen and oxygen atoms in total. The van der Waals surface area contributed by atoms with Gasteiger partial charge in [0.15, 0.2) is 0 Å². The van der Waals surface area contributed by atoms with Crippen LogP contribution in [0.5, 0.6) is 0 Å². The van der Waals surface area contributed by atoms with Crippen molar-refractivity contribution in [2.75, 3.05) is 11.9 Å². The summed E-state index contributed by atoms with van der Waals surface area (Å²) in [6.07, 6.45) is 0.333. The Labute approximate surface area is 136 Å². The first kappa shape index (κ1) is 16.6. The van der Waals surface area contributed by atoms with Gasteiger partial charge in [0.2, 0.25) is 5.91 Å². The average Bonchev–Trinajstić information content (AvgIpc) is 2.75. The van der Waals surface area contributed by atoms with Crippen LogP contribution in [0.2, 0.25) is 5.02 Å². The smallest absolute Gasteiger partial charge is 0.319 e. The highest BCUT2D eigenvalue weighted by molar-refractivity contribution is 6.31. The molecule has 1 heterocycles. The summed E-state index contributed by atoms with van der Waals surface area (Å²) in [6.45, 7) is 8.34. The van der Waals surface area contributed by atoms with Crippen molar-refractivity contribution < 1.29 is 9.59 Å². The first-order chi connectivity index (χ1) is 10.2. The van der Waals surface area contributed by atoms with Crippen molar-refractivity contribution in [3.63, 3.8) is 0 Å². The molecule has 0 bridgehead atoms. The van der Waals surface area contributed by atoms with Crippen molar-refractivity contribution in [3.05, 3.63) is 28.8 Å². The number of urea groups is 1. The number of likely N-dealkylation sites (tertiary alicyclic amines) is 1. The summed E-state index contributed by atoms with van der Waals surface area (Å²) in [6, 6.07) is 4.86. The van der Waals surface area contributed by atoms with Crippen LogP contribution in [0, 0.1) is 6.92 Å². The summed E-state index contributed by atoms with van der Waals surface area (Å²) in [5.41, 5.74) is 1.26. The number of anilines is 1. The standard InChI is InChI=1S/C16H22ClN3O2/c1-10-12(17)6-5-7-13(10)19-15(22)18-11-8-14(21)20(9-11)16(2,3)4/h5-7,11H,8-9H2,1-4H3,(H2,18,19,22). The zero-order valence-electron chi connectivity index (χ0n) is 13.4. The van der Waals surface area contributed by atoms with Crippen LogP contribution in [0.1, 0.15) is 32.8 Å². The maximum Gasteiger partial charge on any atom is 0.319 e. The van der Waals surface area contributed by atoms with E-state index in [9.17, 15) is 9.59 Å². The van der Waals surface area contributed by atoms with E-state index in [-0.39, 0.29) is 23.5 Å². The van der Waals surface area contributed by atoms with E-state index in [1.165, 1.54) is 0 Å². The van der Waals surface area contributed by atoms with Crippen molar-refractivity contribution in [2.24, 2.45) is 0 Å². The fraction of sp³-hybridized carbons (Fsp3) is 0.500. The minimum Gasteiger partial charge on any atom is -0.336 e. The number of carbonyl (C=O) groups excluding carboxylic acids is 2. The Morgan fingerprint density at radius 3 is 2.64 bits per heavy atom. The molecule has 120 valence electrons. The van der Waals surface area contributed by atoms with Gasteiger partial charge in [-0.15, -0.1) is 0 Å². The fourth-order valence-electron chi connectivity index (χ4n) is 2.54. The van der Waals surface area contributed by atoms with Crippen LogP contribution < -0.4 is 10.6 Å². The Kier molecular flexibility index (Phi) is 4.66. The number of amides is 3. The fourth-order valence-corrected chi connectivity index (χ4v) is 2.71. The lowest BCUT2D eigenvalue weighted by atomic mass is 10.1. The Morgan fingerprint density at radius 2 is 2.05 bits per heavy atom. The van der Waals surface area contributed by atoms with Gasteiger partial charge < -0.3 is 15.5 Å². The lowest BCUT2D eigenvalue weighted by molar-refractivity contribution is -0.131. The molecule has 2 rings (SSSR count). The van der Waals surface area contributed by atoms with Crippen molar-refractivity contribution in [1.82, 2.24) is 10.2 Å². The lowest BCUT2D eigenvalue weighted by Gasteiger charge is -2.32. The third-order valence-corrected chi connectivity index (χ3v) is 4.20. The molecule has 1 unspecified atom stereocenters. The maximum atomic E-state index is 12.1. The Hall–Kier alpha value is -1.75. The molecular formula is C16H22ClN3O2. The van der Waals surface area contributed by atoms with Crippen molar-refractivity contribution in [1.29, 1.82) is 0 Å². The number of rotatable bonds is 2. The summed E-state index contributed by atoms with van der Waals surface area (Å²) < 4.78 is 0. The quantitative estimate of drug-likeness (QED) is 0.878. The van der Waals surface area contributed by atoms with Crippen molar-refractivity contribution in [2.45, 2.75) is 45.7 Å². The molecule has 0 aliphatic carbocycles. The van der Waals surface area contributed by atoms with E-state index < -0.39 is 0 Å². The molecule has 22 heavy (non-hydrogen) atoms. The largest absolute Gasteiger partial charge is 0.336 e. The summed E-state index contributed by atoms with van der Waals surface area (Å²) in [4.78, 5) is 25.9. The highest BCUT2D eigenvalue weighted by atomic mass is 35.5. The third-order valence-electron chi connectivity index (χ3n) is 3.79. The molecule has 1 atom stereocenters. The summed E-state index contributed by atoms with van der Waals surface area (Å²) >= 11 is 6.03. The van der Waals surface area contributed by atoms with E-state index in [0.717, 1.165) is 5.56 Å². The number of hydrogen-bond acceptors (Lipinski definition) is 2. The molecule has 1 aromatic rings. The molecule has 6 heteroatoms. The number of nitrogens with one attached hydrogen (secondary N) is 2. The highest BCUT2D eigenvalue weighted by Crippen LogP contribution is 2.24. The number of halogens is 1. The summed E-state index contributed by atoms with van der Waals surface area (Å²) in [7, 11) is 0. The first-order valence-electron chi connectivity index (χ1n) is 7.31. The van der Waals surface area contributed by atoms with E-state index in [2.05, 4.69) is 10.6 Å². The van der Waals surface area contributed by atoms with E-state index in [0.29, 0.717) is 23.7 Å². The minimum atomic E-state index is -0.320. The van der Waals surface area contributed by atoms with E-state index in [1.807, 2.05) is 27.7 Å². The van der Waals surface area contributed by atoms with E-state index >= 15 is 0 Å². The second-order valence-corrected chi connectivity index (χ2v) is 6.99. The monoisotopic (exact) mass is 323 g/mol. The van der Waals surface area contributed by atoms with Crippen LogP contribution >= 0.6 is 11.6 Å². The molecule has 1 aliphatic rings. The van der Waals surface area contributed by atoms with Crippen LogP contribution in [-0.2, 0) is 4.79 Å². The van der Waals surface area contributed by atoms with Gasteiger partial charge in [-0.2, -0.15) is 0 Å². The predicted octanol–water partition coefficient (Wildman–Crippen LogP) is 3.17. The van der Waals surface area contributed by atoms with Crippen molar-refractivity contribution in [3.8, 4) is 0 Å². The Bertz CT molecular complexity index is 596. The number of hydrogen-bond donors (Lipinski definition) is 2. The zero-order valence-corrected chi connectivity index (χ0v) is 14.1. The van der Waals surface area contributed by atoms with Crippen LogP contribution in [0.4, 0.5) is 10.5 Å². The number of benzene rings is 1. The zero-order chi connectivity index (χ0) is 16.5. The van der Waals surface area contributed by atoms with Gasteiger partial charge in [-0.25, -0.2) is 4.79 Å². The molecule has 1 fully saturated rings. The SMILES string of the molecule is Cc1c(Cl)cccc1NC(=O)NC1CC(=O)N(C(C)(C)C)C1. The van der Waals surface area contributed by atoms with Crippen LogP contribution in [0.25, 0.3) is 0 Å². The van der Waals surface area contributed by atoms with Gasteiger partial charge in [-0.05, 0) is 45.4 Å². The molecule has 1 saturated heterocycles. The lowest BCUT2D eigenvalue weighted by Crippen LogP contribution is -2.45. The summed E-state index contributed by atoms with van der Waals surface area (Å²) in [5.74, 6) is 0.0664. The van der Waals surface area contributed by atoms with Gasteiger partial charge in [-0.3, -0.25) is 4.79 Å². The third kappa shape index (κ3) is 3.71. The molecule has 0 aromatic heterocycles. The van der Waals surface area contributed by atoms with E-state index in [4.69, 9.17) is 11.6 Å². The minimum absolute atomic E-state index is 0.0664. The molecule has 0 spiro atoms. The predicted molar refractivity (Wildman–Crippen MR) is 88.2 cm³/mol. The maximum absolute atomic E-state index is 12.1. The van der Waals surface area contributed by atoms with Gasteiger partial charge in [0.25, 0.3) is 0 Å². The number of nitrogens with zero attached hydrogens (tertiary/aromatic N) is 1. The van der Waals surface area contributed by atoms with Crippen molar-refractivity contribution >= 4 is 29.2 Å². The molecule has 0 saturated carbocycles. The van der Waals surface area contributed by atoms with Gasteiger partial charge in [0.05, 0.1) is 6.04 Å². The molecule has 1 aliphatic heterocycles. The highest BCUT2D eigenvalue weighted by Gasteiger charge is 2.36. The van der Waals surface area contributed by atoms with Crippen LogP contribution in [0.15, 0.2) is 18.2 Å². The van der Waals surface area contributed by atoms with Gasteiger partial charge in [-0.1, -0.05) is 17.7 Å². The molecular weight excluding hydrogens is 302 g/mol. The van der Waals surface area contributed by atoms with Gasteiger partial charge >= 0.3 is 6.03 Å². The first-order valence-corrected chi connectivity index (χ1v) is 7.69. The Morgan fingerprint density at radius 1 is 1.36 bits per heavy atom. The molecule has 3 amide bonds. The molecule has 1 aromatic carbocycles. The summed E-state index contributed by atoms with van der Waals surface area (Å²) in [5, 5.41) is 6.24. The molecule has 0 radical (unpaired) electrons. The topological polar surface area (TPSA) is 61.4 Å². The van der Waals surface area contributed by atoms with Crippen LogP contribution in [-0.4, -0.2) is 35.0 Å². The van der Waals surface area contributed by atoms with Gasteiger partial charge in [0, 0.05) is 29.2 Å². The molecule has 2 N–H and O–H groups in total. The second-order valence-electron chi connectivity index (χ2n) is 6.59. The van der Waals surface area contributed by atoms with E-state index in [1.54, 1.807) is 23.1 Å². The second kappa shape index (κ2) is 6.16. The normalized spacial score (nSPS) is 18.5.